The predicted octanol–water partition coefficient (Wildman–Crippen LogP) is 2.04. The number of aromatic hydroxyl groups is 1. The third kappa shape index (κ3) is 1.68. The van der Waals surface area contributed by atoms with Gasteiger partial charge in [-0.25, -0.2) is 13.2 Å². The Morgan fingerprint density at radius 1 is 1.14 bits per heavy atom. The molecule has 1 rings (SSSR count). The van der Waals surface area contributed by atoms with E-state index in [0.29, 0.717) is 6.07 Å². The summed E-state index contributed by atoms with van der Waals surface area (Å²) in [6, 6.07) is 0.319. The van der Waals surface area contributed by atoms with Crippen LogP contribution in [0.3, 0.4) is 0 Å². The Hall–Kier alpha value is -1.23. The van der Waals surface area contributed by atoms with E-state index >= 15 is 0 Å². The Kier molecular flexibility index (Phi) is 2.45. The van der Waals surface area contributed by atoms with Gasteiger partial charge in [0.2, 0.25) is 0 Å². The lowest BCUT2D eigenvalue weighted by molar-refractivity contribution is 0.0685. The van der Waals surface area contributed by atoms with E-state index in [1.165, 1.54) is 0 Å². The van der Waals surface area contributed by atoms with E-state index in [9.17, 15) is 18.3 Å². The fraction of sp³-hybridized carbons (Fsp3) is 0.333. The van der Waals surface area contributed by atoms with Gasteiger partial charge in [0.15, 0.2) is 23.2 Å². The lowest BCUT2D eigenvalue weighted by Crippen LogP contribution is -2.20. The SMILES string of the molecule is CC(C)(O)c1c(F)c(O)cc(F)c1F. The van der Waals surface area contributed by atoms with E-state index < -0.39 is 34.4 Å². The summed E-state index contributed by atoms with van der Waals surface area (Å²) in [4.78, 5) is 0. The minimum absolute atomic E-state index is 0.319. The van der Waals surface area contributed by atoms with Crippen molar-refractivity contribution >= 4 is 0 Å². The standard InChI is InChI=1S/C9H9F3O2/c1-9(2,14)6-7(11)4(10)3-5(13)8(6)12/h3,13-14H,1-2H3. The highest BCUT2D eigenvalue weighted by atomic mass is 19.2. The van der Waals surface area contributed by atoms with E-state index in [2.05, 4.69) is 0 Å². The van der Waals surface area contributed by atoms with Gasteiger partial charge < -0.3 is 10.2 Å². The average Bonchev–Trinajstić information content (AvgIpc) is 1.98. The van der Waals surface area contributed by atoms with Crippen molar-refractivity contribution in [3.8, 4) is 5.75 Å². The van der Waals surface area contributed by atoms with E-state index in [0.717, 1.165) is 13.8 Å². The summed E-state index contributed by atoms with van der Waals surface area (Å²) in [7, 11) is 0. The normalized spacial score (nSPS) is 11.9. The van der Waals surface area contributed by atoms with Crippen LogP contribution in [0.2, 0.25) is 0 Å². The number of benzene rings is 1. The molecule has 0 radical (unpaired) electrons. The topological polar surface area (TPSA) is 40.5 Å². The second-order valence-electron chi connectivity index (χ2n) is 3.44. The molecule has 1 aromatic rings. The zero-order valence-corrected chi connectivity index (χ0v) is 7.61. The molecule has 5 heteroatoms. The number of phenolic OH excluding ortho intramolecular Hbond substituents is 1. The first kappa shape index (κ1) is 10.8. The first-order valence-electron chi connectivity index (χ1n) is 3.84. The summed E-state index contributed by atoms with van der Waals surface area (Å²) < 4.78 is 38.9. The molecule has 2 nitrogen and oxygen atoms in total. The zero-order valence-electron chi connectivity index (χ0n) is 7.61. The van der Waals surface area contributed by atoms with Crippen molar-refractivity contribution in [3.05, 3.63) is 29.1 Å². The summed E-state index contributed by atoms with van der Waals surface area (Å²) in [6.07, 6.45) is 0. The van der Waals surface area contributed by atoms with Crippen molar-refractivity contribution in [2.75, 3.05) is 0 Å². The monoisotopic (exact) mass is 206 g/mol. The van der Waals surface area contributed by atoms with Crippen LogP contribution in [-0.2, 0) is 5.60 Å². The van der Waals surface area contributed by atoms with Gasteiger partial charge in [-0.1, -0.05) is 0 Å². The minimum atomic E-state index is -1.90. The van der Waals surface area contributed by atoms with E-state index in [-0.39, 0.29) is 0 Å². The van der Waals surface area contributed by atoms with Crippen molar-refractivity contribution in [2.24, 2.45) is 0 Å². The second-order valence-corrected chi connectivity index (χ2v) is 3.44. The molecule has 0 unspecified atom stereocenters. The maximum atomic E-state index is 13.1. The number of hydrogen-bond donors (Lipinski definition) is 2. The molecule has 1 aromatic carbocycles. The predicted molar refractivity (Wildman–Crippen MR) is 43.2 cm³/mol. The van der Waals surface area contributed by atoms with Crippen LogP contribution in [0, 0.1) is 17.5 Å². The first-order chi connectivity index (χ1) is 6.25. The number of aliphatic hydroxyl groups is 1. The average molecular weight is 206 g/mol. The van der Waals surface area contributed by atoms with Crippen molar-refractivity contribution < 1.29 is 23.4 Å². The molecule has 14 heavy (non-hydrogen) atoms. The lowest BCUT2D eigenvalue weighted by atomic mass is 9.96. The van der Waals surface area contributed by atoms with Crippen LogP contribution in [0.25, 0.3) is 0 Å². The van der Waals surface area contributed by atoms with Crippen LogP contribution in [0.4, 0.5) is 13.2 Å². The molecule has 0 amide bonds. The molecule has 0 saturated heterocycles. The van der Waals surface area contributed by atoms with Gasteiger partial charge >= 0.3 is 0 Å². The largest absolute Gasteiger partial charge is 0.505 e. The molecular weight excluding hydrogens is 197 g/mol. The molecule has 0 spiro atoms. The quantitative estimate of drug-likeness (QED) is 0.690. The van der Waals surface area contributed by atoms with Crippen molar-refractivity contribution in [3.63, 3.8) is 0 Å². The molecule has 0 aliphatic carbocycles. The molecule has 0 aliphatic rings. The molecule has 2 N–H and O–H groups in total. The molecular formula is C9H9F3O2. The van der Waals surface area contributed by atoms with Crippen molar-refractivity contribution in [1.29, 1.82) is 0 Å². The Bertz CT molecular complexity index is 343. The summed E-state index contributed by atoms with van der Waals surface area (Å²) >= 11 is 0. The van der Waals surface area contributed by atoms with Crippen LogP contribution in [0.5, 0.6) is 5.75 Å². The van der Waals surface area contributed by atoms with Crippen LogP contribution >= 0.6 is 0 Å². The molecule has 0 aliphatic heterocycles. The number of phenols is 1. The molecule has 0 bridgehead atoms. The summed E-state index contributed by atoms with van der Waals surface area (Å²) in [5.41, 5.74) is -2.77. The van der Waals surface area contributed by atoms with E-state index in [4.69, 9.17) is 5.11 Å². The first-order valence-corrected chi connectivity index (χ1v) is 3.84. The van der Waals surface area contributed by atoms with Gasteiger partial charge in [-0.3, -0.25) is 0 Å². The van der Waals surface area contributed by atoms with Gasteiger partial charge in [0.05, 0.1) is 11.2 Å². The molecule has 0 heterocycles. The third-order valence-corrected chi connectivity index (χ3v) is 1.75. The van der Waals surface area contributed by atoms with Gasteiger partial charge in [0, 0.05) is 6.07 Å². The molecule has 0 fully saturated rings. The highest BCUT2D eigenvalue weighted by molar-refractivity contribution is 5.35. The maximum absolute atomic E-state index is 13.1. The summed E-state index contributed by atoms with van der Waals surface area (Å²) in [6.45, 7) is 2.18. The highest BCUT2D eigenvalue weighted by Crippen LogP contribution is 2.32. The Labute approximate surface area is 78.6 Å². The van der Waals surface area contributed by atoms with E-state index in [1.807, 2.05) is 0 Å². The van der Waals surface area contributed by atoms with Crippen LogP contribution in [0.15, 0.2) is 6.07 Å². The van der Waals surface area contributed by atoms with Crippen molar-refractivity contribution in [1.82, 2.24) is 0 Å². The Morgan fingerprint density at radius 3 is 2.07 bits per heavy atom. The maximum Gasteiger partial charge on any atom is 0.174 e. The van der Waals surface area contributed by atoms with Gasteiger partial charge in [0.1, 0.15) is 0 Å². The molecule has 0 saturated carbocycles. The fourth-order valence-corrected chi connectivity index (χ4v) is 1.13. The third-order valence-electron chi connectivity index (χ3n) is 1.75. The van der Waals surface area contributed by atoms with Crippen molar-refractivity contribution in [2.45, 2.75) is 19.4 Å². The minimum Gasteiger partial charge on any atom is -0.505 e. The number of halogens is 3. The van der Waals surface area contributed by atoms with Gasteiger partial charge in [-0.15, -0.1) is 0 Å². The van der Waals surface area contributed by atoms with Crippen LogP contribution < -0.4 is 0 Å². The summed E-state index contributed by atoms with van der Waals surface area (Å²) in [5.74, 6) is -5.27. The lowest BCUT2D eigenvalue weighted by Gasteiger charge is -2.19. The highest BCUT2D eigenvalue weighted by Gasteiger charge is 2.29. The fourth-order valence-electron chi connectivity index (χ4n) is 1.13. The van der Waals surface area contributed by atoms with Crippen LogP contribution in [0.1, 0.15) is 19.4 Å². The molecule has 0 atom stereocenters. The van der Waals surface area contributed by atoms with Crippen LogP contribution in [-0.4, -0.2) is 10.2 Å². The zero-order chi connectivity index (χ0) is 11.1. The Morgan fingerprint density at radius 2 is 1.64 bits per heavy atom. The van der Waals surface area contributed by atoms with E-state index in [1.54, 1.807) is 0 Å². The number of rotatable bonds is 1. The van der Waals surface area contributed by atoms with Gasteiger partial charge in [0.25, 0.3) is 0 Å². The molecule has 78 valence electrons. The second kappa shape index (κ2) is 3.16. The van der Waals surface area contributed by atoms with Gasteiger partial charge in [-0.05, 0) is 13.8 Å². The summed E-state index contributed by atoms with van der Waals surface area (Å²) in [5, 5.41) is 18.2. The Balaban J connectivity index is 3.56. The number of hydrogen-bond acceptors (Lipinski definition) is 2. The smallest absolute Gasteiger partial charge is 0.174 e. The van der Waals surface area contributed by atoms with Gasteiger partial charge in [-0.2, -0.15) is 0 Å². The molecule has 0 aromatic heterocycles.